The van der Waals surface area contributed by atoms with Gasteiger partial charge in [0.25, 0.3) is 0 Å². The molecular formula is C22H30Cl3NO14. The fraction of sp³-hybridized carbons (Fsp3) is 0.727. The molecule has 40 heavy (non-hydrogen) atoms. The summed E-state index contributed by atoms with van der Waals surface area (Å²) in [6.07, 6.45) is -9.39. The Morgan fingerprint density at radius 2 is 1.35 bits per heavy atom. The Kier molecular flexibility index (Phi) is 14.7. The molecule has 1 N–H and O–H groups in total. The summed E-state index contributed by atoms with van der Waals surface area (Å²) in [7, 11) is 2.21. The second-order valence-corrected chi connectivity index (χ2v) is 10.7. The van der Waals surface area contributed by atoms with Crippen molar-refractivity contribution in [2.24, 2.45) is 0 Å². The molecular weight excluding hydrogens is 609 g/mol. The second kappa shape index (κ2) is 16.6. The van der Waals surface area contributed by atoms with E-state index < -0.39 is 103 Å². The van der Waals surface area contributed by atoms with E-state index in [1.807, 2.05) is 0 Å². The first kappa shape index (κ1) is 35.4. The highest BCUT2D eigenvalue weighted by atomic mass is 35.6. The van der Waals surface area contributed by atoms with Crippen LogP contribution in [0.25, 0.3) is 0 Å². The van der Waals surface area contributed by atoms with Gasteiger partial charge in [-0.3, -0.25) is 24.0 Å². The first-order valence-electron chi connectivity index (χ1n) is 11.5. The number of rotatable bonds is 12. The number of alkyl carbamates (subject to hydrolysis) is 1. The summed E-state index contributed by atoms with van der Waals surface area (Å²) in [5.74, 6) is -4.00. The highest BCUT2D eigenvalue weighted by Crippen LogP contribution is 2.30. The van der Waals surface area contributed by atoms with E-state index in [1.54, 1.807) is 0 Å². The molecule has 18 heteroatoms. The lowest BCUT2D eigenvalue weighted by Crippen LogP contribution is -2.67. The molecule has 0 radical (unpaired) electrons. The van der Waals surface area contributed by atoms with Crippen molar-refractivity contribution in [3.05, 3.63) is 0 Å². The zero-order valence-corrected chi connectivity index (χ0v) is 24.4. The minimum Gasteiger partial charge on any atom is -0.469 e. The molecule has 0 aromatic heterocycles. The van der Waals surface area contributed by atoms with Crippen molar-refractivity contribution in [2.45, 2.75) is 74.2 Å². The van der Waals surface area contributed by atoms with Gasteiger partial charge in [-0.2, -0.15) is 0 Å². The number of esters is 5. The maximum absolute atomic E-state index is 12.6. The predicted octanol–water partition coefficient (Wildman–Crippen LogP) is 1.11. The Labute approximate surface area is 244 Å². The van der Waals surface area contributed by atoms with Crippen molar-refractivity contribution in [1.82, 2.24) is 5.32 Å². The average molecular weight is 639 g/mol. The molecule has 0 aromatic carbocycles. The minimum absolute atomic E-state index is 0.476. The van der Waals surface area contributed by atoms with E-state index >= 15 is 0 Å². The quantitative estimate of drug-likeness (QED) is 0.182. The van der Waals surface area contributed by atoms with Crippen LogP contribution in [0.4, 0.5) is 4.79 Å². The van der Waals surface area contributed by atoms with Crippen LogP contribution >= 0.6 is 34.8 Å². The van der Waals surface area contributed by atoms with Gasteiger partial charge in [0.15, 0.2) is 18.5 Å². The first-order chi connectivity index (χ1) is 18.6. The van der Waals surface area contributed by atoms with Crippen LogP contribution in [0.3, 0.4) is 0 Å². The monoisotopic (exact) mass is 637 g/mol. The number of halogens is 3. The smallest absolute Gasteiger partial charge is 0.407 e. The molecule has 0 spiro atoms. The van der Waals surface area contributed by atoms with Crippen molar-refractivity contribution in [2.75, 3.05) is 27.4 Å². The third-order valence-corrected chi connectivity index (χ3v) is 5.25. The van der Waals surface area contributed by atoms with Gasteiger partial charge in [0.1, 0.15) is 25.4 Å². The lowest BCUT2D eigenvalue weighted by molar-refractivity contribution is -0.287. The minimum atomic E-state index is -1.98. The number of carbonyl (C=O) groups is 6. The number of carbonyl (C=O) groups excluding carboxylic acids is 6. The highest BCUT2D eigenvalue weighted by molar-refractivity contribution is 6.67. The van der Waals surface area contributed by atoms with Crippen molar-refractivity contribution in [3.8, 4) is 0 Å². The van der Waals surface area contributed by atoms with E-state index in [0.717, 1.165) is 35.0 Å². The Morgan fingerprint density at radius 1 is 0.825 bits per heavy atom. The molecule has 1 heterocycles. The van der Waals surface area contributed by atoms with E-state index in [9.17, 15) is 28.8 Å². The zero-order chi connectivity index (χ0) is 30.6. The number of ether oxygens (including phenoxy) is 8. The first-order valence-corrected chi connectivity index (χ1v) is 12.6. The van der Waals surface area contributed by atoms with Crippen LogP contribution in [0, 0.1) is 0 Å². The summed E-state index contributed by atoms with van der Waals surface area (Å²) >= 11 is 16.9. The van der Waals surface area contributed by atoms with Gasteiger partial charge in [0.05, 0.1) is 33.2 Å². The standard InChI is InChI=1S/C22H30Cl3NO14/c1-10(27)35-8-14-18(37-11(2)28)19(38-12(3)29)17(26-21(32)36-9-22(23,24)25)20(40-14)39-13(6-15(30)33-4)7-16(31)34-5/h13-14,17-20H,6-9H2,1-5H3,(H,26,32)/t14-,17+,18-,19-,20+/m1/s1. The van der Waals surface area contributed by atoms with Gasteiger partial charge in [-0.1, -0.05) is 34.8 Å². The lowest BCUT2D eigenvalue weighted by Gasteiger charge is -2.45. The zero-order valence-electron chi connectivity index (χ0n) is 22.1. The maximum Gasteiger partial charge on any atom is 0.407 e. The summed E-state index contributed by atoms with van der Waals surface area (Å²) in [5.41, 5.74) is 0. The molecule has 1 aliphatic rings. The van der Waals surface area contributed by atoms with Crippen LogP contribution in [0.5, 0.6) is 0 Å². The van der Waals surface area contributed by atoms with E-state index in [1.165, 1.54) is 0 Å². The fourth-order valence-electron chi connectivity index (χ4n) is 3.39. The van der Waals surface area contributed by atoms with Gasteiger partial charge < -0.3 is 43.2 Å². The van der Waals surface area contributed by atoms with Crippen LogP contribution in [-0.2, 0) is 61.9 Å². The van der Waals surface area contributed by atoms with Crippen LogP contribution in [0.15, 0.2) is 0 Å². The third kappa shape index (κ3) is 13.2. The molecule has 1 aliphatic heterocycles. The molecule has 0 saturated carbocycles. The molecule has 1 rings (SSSR count). The van der Waals surface area contributed by atoms with Gasteiger partial charge >= 0.3 is 35.9 Å². The molecule has 5 atom stereocenters. The molecule has 0 bridgehead atoms. The Bertz CT molecular complexity index is 909. The SMILES string of the molecule is COC(=O)CC(CC(=O)OC)O[C@H]1O[C@H](COC(C)=O)[C@@H](OC(C)=O)[C@H](OC(C)=O)[C@@H]1NC(=O)OCC(Cl)(Cl)Cl. The fourth-order valence-corrected chi connectivity index (χ4v) is 3.56. The number of alkyl halides is 3. The molecule has 1 saturated heterocycles. The van der Waals surface area contributed by atoms with Gasteiger partial charge in [0, 0.05) is 20.8 Å². The van der Waals surface area contributed by atoms with E-state index in [4.69, 9.17) is 63.2 Å². The predicted molar refractivity (Wildman–Crippen MR) is 133 cm³/mol. The number of amides is 1. The van der Waals surface area contributed by atoms with Crippen molar-refractivity contribution in [3.63, 3.8) is 0 Å². The van der Waals surface area contributed by atoms with Crippen molar-refractivity contribution < 1.29 is 66.7 Å². The number of hydrogen-bond donors (Lipinski definition) is 1. The third-order valence-electron chi connectivity index (χ3n) is 4.92. The highest BCUT2D eigenvalue weighted by Gasteiger charge is 2.52. The van der Waals surface area contributed by atoms with Gasteiger partial charge in [-0.25, -0.2) is 4.79 Å². The van der Waals surface area contributed by atoms with Gasteiger partial charge in [-0.15, -0.1) is 0 Å². The molecule has 0 aromatic rings. The Hall–Kier alpha value is -2.59. The molecule has 0 unspecified atom stereocenters. The summed E-state index contributed by atoms with van der Waals surface area (Å²) in [4.78, 5) is 72.1. The number of nitrogens with one attached hydrogen (secondary N) is 1. The van der Waals surface area contributed by atoms with Crippen molar-refractivity contribution >= 4 is 70.7 Å². The van der Waals surface area contributed by atoms with Crippen LogP contribution in [0.2, 0.25) is 0 Å². The normalized spacial score (nSPS) is 22.5. The molecule has 0 aliphatic carbocycles. The Morgan fingerprint density at radius 3 is 1.80 bits per heavy atom. The lowest BCUT2D eigenvalue weighted by atomic mass is 9.96. The van der Waals surface area contributed by atoms with Crippen molar-refractivity contribution in [1.29, 1.82) is 0 Å². The largest absolute Gasteiger partial charge is 0.469 e. The average Bonchev–Trinajstić information content (AvgIpc) is 2.83. The van der Waals surface area contributed by atoms with Crippen LogP contribution in [0.1, 0.15) is 33.6 Å². The van der Waals surface area contributed by atoms with E-state index in [2.05, 4.69) is 14.8 Å². The van der Waals surface area contributed by atoms with Gasteiger partial charge in [0.2, 0.25) is 3.79 Å². The summed E-state index contributed by atoms with van der Waals surface area (Å²) < 4.78 is 39.6. The summed E-state index contributed by atoms with van der Waals surface area (Å²) in [5, 5.41) is 2.33. The molecule has 228 valence electrons. The maximum atomic E-state index is 12.6. The van der Waals surface area contributed by atoms with Gasteiger partial charge in [-0.05, 0) is 0 Å². The van der Waals surface area contributed by atoms with Crippen LogP contribution < -0.4 is 5.32 Å². The molecule has 1 fully saturated rings. The molecule has 1 amide bonds. The van der Waals surface area contributed by atoms with E-state index in [-0.39, 0.29) is 0 Å². The number of hydrogen-bond acceptors (Lipinski definition) is 14. The topological polar surface area (TPSA) is 188 Å². The summed E-state index contributed by atoms with van der Waals surface area (Å²) in [6, 6.07) is -1.53. The van der Waals surface area contributed by atoms with E-state index in [0.29, 0.717) is 0 Å². The molecule has 15 nitrogen and oxygen atoms in total. The van der Waals surface area contributed by atoms with Crippen LogP contribution in [-0.4, -0.2) is 104 Å². The Balaban J connectivity index is 3.53. The number of methoxy groups -OCH3 is 2. The second-order valence-electron chi connectivity index (χ2n) is 8.17. The summed E-state index contributed by atoms with van der Waals surface area (Å²) in [6.45, 7) is 1.98.